The van der Waals surface area contributed by atoms with Gasteiger partial charge in [-0.2, -0.15) is 0 Å². The summed E-state index contributed by atoms with van der Waals surface area (Å²) in [6.07, 6.45) is 5.04. The standard InChI is InChI=1S/C25H27NO3/c1-7-10-26-23(27)12-17(4)20-13-21-22(19-9-8-15(2)11-16(19)3)14-29-25(21)18(5)24(20)28-6/h7-9,11-14H,1,10H2,2-6H3,(H,26,27)/b17-12+. The summed E-state index contributed by atoms with van der Waals surface area (Å²) in [6.45, 7) is 12.1. The third kappa shape index (κ3) is 3.97. The number of furan rings is 1. The van der Waals surface area contributed by atoms with Crippen LogP contribution in [0.1, 0.15) is 29.2 Å². The minimum absolute atomic E-state index is 0.163. The van der Waals surface area contributed by atoms with Gasteiger partial charge in [0.1, 0.15) is 11.3 Å². The number of methoxy groups -OCH3 is 1. The van der Waals surface area contributed by atoms with Crippen LogP contribution in [0.25, 0.3) is 27.7 Å². The van der Waals surface area contributed by atoms with Gasteiger partial charge in [0.05, 0.1) is 13.4 Å². The van der Waals surface area contributed by atoms with Gasteiger partial charge < -0.3 is 14.5 Å². The number of nitrogens with one attached hydrogen (secondary N) is 1. The van der Waals surface area contributed by atoms with Crippen LogP contribution in [0.5, 0.6) is 5.75 Å². The third-order valence-electron chi connectivity index (χ3n) is 5.11. The minimum Gasteiger partial charge on any atom is -0.496 e. The van der Waals surface area contributed by atoms with E-state index >= 15 is 0 Å². The van der Waals surface area contributed by atoms with Gasteiger partial charge in [0.15, 0.2) is 0 Å². The molecule has 0 saturated heterocycles. The van der Waals surface area contributed by atoms with Gasteiger partial charge in [0.25, 0.3) is 0 Å². The highest BCUT2D eigenvalue weighted by Gasteiger charge is 2.19. The second kappa shape index (κ2) is 8.39. The van der Waals surface area contributed by atoms with Gasteiger partial charge in [-0.25, -0.2) is 0 Å². The van der Waals surface area contributed by atoms with Crippen LogP contribution in [-0.2, 0) is 4.79 Å². The predicted octanol–water partition coefficient (Wildman–Crippen LogP) is 5.74. The van der Waals surface area contributed by atoms with E-state index in [-0.39, 0.29) is 5.91 Å². The topological polar surface area (TPSA) is 51.5 Å². The Hall–Kier alpha value is -3.27. The molecule has 1 N–H and O–H groups in total. The first kappa shape index (κ1) is 20.5. The maximum atomic E-state index is 12.2. The summed E-state index contributed by atoms with van der Waals surface area (Å²) in [6, 6.07) is 8.44. The molecule has 3 aromatic rings. The van der Waals surface area contributed by atoms with Crippen molar-refractivity contribution in [3.8, 4) is 16.9 Å². The van der Waals surface area contributed by atoms with E-state index in [4.69, 9.17) is 9.15 Å². The second-order valence-corrected chi connectivity index (χ2v) is 7.29. The van der Waals surface area contributed by atoms with Crippen LogP contribution in [0.3, 0.4) is 0 Å². The first-order chi connectivity index (χ1) is 13.9. The molecule has 0 unspecified atom stereocenters. The molecule has 0 bridgehead atoms. The second-order valence-electron chi connectivity index (χ2n) is 7.29. The fourth-order valence-corrected chi connectivity index (χ4v) is 3.69. The van der Waals surface area contributed by atoms with Crippen LogP contribution >= 0.6 is 0 Å². The summed E-state index contributed by atoms with van der Waals surface area (Å²) in [7, 11) is 1.64. The van der Waals surface area contributed by atoms with E-state index in [1.165, 1.54) is 11.1 Å². The Balaban J connectivity index is 2.19. The Morgan fingerprint density at radius 3 is 2.62 bits per heavy atom. The minimum atomic E-state index is -0.163. The Morgan fingerprint density at radius 1 is 1.21 bits per heavy atom. The van der Waals surface area contributed by atoms with Crippen molar-refractivity contribution < 1.29 is 13.9 Å². The average molecular weight is 389 g/mol. The number of hydrogen-bond acceptors (Lipinski definition) is 3. The highest BCUT2D eigenvalue weighted by molar-refractivity contribution is 6.02. The fourth-order valence-electron chi connectivity index (χ4n) is 3.69. The van der Waals surface area contributed by atoms with Crippen LogP contribution in [0.4, 0.5) is 0 Å². The normalized spacial score (nSPS) is 11.6. The largest absolute Gasteiger partial charge is 0.496 e. The van der Waals surface area contributed by atoms with Crippen LogP contribution in [0.2, 0.25) is 0 Å². The molecule has 0 aliphatic heterocycles. The zero-order valence-corrected chi connectivity index (χ0v) is 17.7. The smallest absolute Gasteiger partial charge is 0.244 e. The third-order valence-corrected chi connectivity index (χ3v) is 5.11. The number of carbonyl (C=O) groups excluding carboxylic acids is 1. The molecule has 0 aliphatic rings. The van der Waals surface area contributed by atoms with Crippen molar-refractivity contribution >= 4 is 22.4 Å². The van der Waals surface area contributed by atoms with Crippen LogP contribution in [-0.4, -0.2) is 19.6 Å². The fraction of sp³-hybridized carbons (Fsp3) is 0.240. The number of allylic oxidation sites excluding steroid dienone is 1. The van der Waals surface area contributed by atoms with Gasteiger partial charge in [-0.3, -0.25) is 4.79 Å². The highest BCUT2D eigenvalue weighted by Crippen LogP contribution is 2.41. The van der Waals surface area contributed by atoms with Crippen molar-refractivity contribution in [3.05, 3.63) is 71.5 Å². The van der Waals surface area contributed by atoms with Crippen molar-refractivity contribution in [3.63, 3.8) is 0 Å². The number of ether oxygens (including phenoxy) is 1. The molecule has 0 aliphatic carbocycles. The highest BCUT2D eigenvalue weighted by atomic mass is 16.5. The molecule has 0 spiro atoms. The zero-order valence-electron chi connectivity index (χ0n) is 17.7. The summed E-state index contributed by atoms with van der Waals surface area (Å²) in [5.74, 6) is 0.549. The number of aryl methyl sites for hydroxylation is 3. The molecule has 0 atom stereocenters. The maximum absolute atomic E-state index is 12.2. The lowest BCUT2D eigenvalue weighted by Crippen LogP contribution is -2.20. The predicted molar refractivity (Wildman–Crippen MR) is 119 cm³/mol. The molecule has 150 valence electrons. The quantitative estimate of drug-likeness (QED) is 0.432. The SMILES string of the molecule is C=CCNC(=O)/C=C(\C)c1cc2c(-c3ccc(C)cc3C)coc2c(C)c1OC. The Morgan fingerprint density at radius 2 is 1.97 bits per heavy atom. The van der Waals surface area contributed by atoms with E-state index in [0.29, 0.717) is 12.3 Å². The Kier molecular flexibility index (Phi) is 5.92. The molecule has 0 saturated carbocycles. The van der Waals surface area contributed by atoms with E-state index in [1.807, 2.05) is 19.9 Å². The number of benzene rings is 2. The van der Waals surface area contributed by atoms with Crippen molar-refractivity contribution in [2.24, 2.45) is 0 Å². The molecule has 3 rings (SSSR count). The summed E-state index contributed by atoms with van der Waals surface area (Å²) in [5.41, 5.74) is 7.99. The summed E-state index contributed by atoms with van der Waals surface area (Å²) >= 11 is 0. The molecule has 0 radical (unpaired) electrons. The van der Waals surface area contributed by atoms with E-state index < -0.39 is 0 Å². The molecule has 1 heterocycles. The number of rotatable bonds is 6. The first-order valence-corrected chi connectivity index (χ1v) is 9.61. The molecular formula is C25H27NO3. The van der Waals surface area contributed by atoms with Crippen molar-refractivity contribution in [2.75, 3.05) is 13.7 Å². The van der Waals surface area contributed by atoms with Crippen LogP contribution in [0.15, 0.2) is 53.7 Å². The molecule has 0 fully saturated rings. The molecular weight excluding hydrogens is 362 g/mol. The summed E-state index contributed by atoms with van der Waals surface area (Å²) in [4.78, 5) is 12.2. The van der Waals surface area contributed by atoms with Crippen LogP contribution < -0.4 is 10.1 Å². The van der Waals surface area contributed by atoms with Crippen molar-refractivity contribution in [1.82, 2.24) is 5.32 Å². The summed E-state index contributed by atoms with van der Waals surface area (Å²) < 4.78 is 11.6. The van der Waals surface area contributed by atoms with Gasteiger partial charge in [0, 0.05) is 34.7 Å². The molecule has 1 amide bonds. The summed E-state index contributed by atoms with van der Waals surface area (Å²) in [5, 5.41) is 3.78. The Bertz CT molecular complexity index is 1120. The number of fused-ring (bicyclic) bond motifs is 1. The van der Waals surface area contributed by atoms with Gasteiger partial charge >= 0.3 is 0 Å². The van der Waals surface area contributed by atoms with E-state index in [1.54, 1.807) is 25.5 Å². The number of hydrogen-bond donors (Lipinski definition) is 1. The van der Waals surface area contributed by atoms with Gasteiger partial charge in [0.2, 0.25) is 5.91 Å². The Labute approximate surface area is 171 Å². The molecule has 1 aromatic heterocycles. The lowest BCUT2D eigenvalue weighted by Gasteiger charge is -2.13. The van der Waals surface area contributed by atoms with Gasteiger partial charge in [-0.1, -0.05) is 29.8 Å². The average Bonchev–Trinajstić information content (AvgIpc) is 3.10. The molecule has 2 aromatic carbocycles. The number of amides is 1. The molecule has 4 heteroatoms. The number of carbonyl (C=O) groups is 1. The lowest BCUT2D eigenvalue weighted by molar-refractivity contribution is -0.116. The maximum Gasteiger partial charge on any atom is 0.244 e. The van der Waals surface area contributed by atoms with E-state index in [0.717, 1.165) is 38.8 Å². The van der Waals surface area contributed by atoms with E-state index in [2.05, 4.69) is 43.9 Å². The molecule has 4 nitrogen and oxygen atoms in total. The van der Waals surface area contributed by atoms with Gasteiger partial charge in [-0.05, 0) is 50.5 Å². The monoisotopic (exact) mass is 389 g/mol. The lowest BCUT2D eigenvalue weighted by atomic mass is 9.94. The van der Waals surface area contributed by atoms with Crippen LogP contribution in [0, 0.1) is 20.8 Å². The van der Waals surface area contributed by atoms with Crippen molar-refractivity contribution in [2.45, 2.75) is 27.7 Å². The first-order valence-electron chi connectivity index (χ1n) is 9.61. The molecule has 29 heavy (non-hydrogen) atoms. The van der Waals surface area contributed by atoms with E-state index in [9.17, 15) is 4.79 Å². The zero-order chi connectivity index (χ0) is 21.1. The van der Waals surface area contributed by atoms with Gasteiger partial charge in [-0.15, -0.1) is 6.58 Å². The van der Waals surface area contributed by atoms with Crippen molar-refractivity contribution in [1.29, 1.82) is 0 Å².